The Labute approximate surface area is 162 Å². The van der Waals surface area contributed by atoms with Gasteiger partial charge in [0.05, 0.1) is 19.3 Å². The van der Waals surface area contributed by atoms with Gasteiger partial charge in [0.1, 0.15) is 11.5 Å². The van der Waals surface area contributed by atoms with Crippen LogP contribution in [0.1, 0.15) is 23.1 Å². The van der Waals surface area contributed by atoms with Crippen molar-refractivity contribution in [3.63, 3.8) is 0 Å². The average Bonchev–Trinajstić information content (AvgIpc) is 2.70. The van der Waals surface area contributed by atoms with Gasteiger partial charge in [0.2, 0.25) is 5.91 Å². The van der Waals surface area contributed by atoms with Crippen LogP contribution < -0.4 is 4.74 Å². The van der Waals surface area contributed by atoms with Gasteiger partial charge in [-0.3, -0.25) is 4.79 Å². The van der Waals surface area contributed by atoms with Crippen LogP contribution >= 0.6 is 0 Å². The summed E-state index contributed by atoms with van der Waals surface area (Å²) < 4.78 is 10.6. The lowest BCUT2D eigenvalue weighted by molar-refractivity contribution is -0.128. The fourth-order valence-corrected chi connectivity index (χ4v) is 2.73. The highest BCUT2D eigenvalue weighted by atomic mass is 16.5. The molecule has 0 bridgehead atoms. The van der Waals surface area contributed by atoms with E-state index in [1.165, 1.54) is 18.9 Å². The Hall–Kier alpha value is -3.61. The summed E-state index contributed by atoms with van der Waals surface area (Å²) in [6, 6.07) is 14.3. The van der Waals surface area contributed by atoms with Crippen molar-refractivity contribution in [3.8, 4) is 17.2 Å². The van der Waals surface area contributed by atoms with Gasteiger partial charge in [0.15, 0.2) is 11.4 Å². The van der Waals surface area contributed by atoms with Crippen LogP contribution in [0, 0.1) is 0 Å². The van der Waals surface area contributed by atoms with E-state index >= 15 is 0 Å². The molecule has 0 atom stereocenters. The molecule has 0 unspecified atom stereocenters. The van der Waals surface area contributed by atoms with Crippen molar-refractivity contribution in [2.24, 2.45) is 0 Å². The molecule has 1 heterocycles. The SMILES string of the molecule is COC(=O)c1nc(CN(C)C(C)=O)c2cc(Oc3ccccc3)ccc2c1O. The third kappa shape index (κ3) is 3.88. The number of hydrogen-bond acceptors (Lipinski definition) is 6. The number of methoxy groups -OCH3 is 1. The molecule has 7 nitrogen and oxygen atoms in total. The number of rotatable bonds is 5. The first kappa shape index (κ1) is 19.2. The van der Waals surface area contributed by atoms with Crippen LogP contribution in [0.15, 0.2) is 48.5 Å². The molecule has 7 heteroatoms. The number of nitrogens with zero attached hydrogens (tertiary/aromatic N) is 2. The number of aromatic nitrogens is 1. The largest absolute Gasteiger partial charge is 0.505 e. The van der Waals surface area contributed by atoms with E-state index in [0.29, 0.717) is 28.0 Å². The Morgan fingerprint density at radius 3 is 2.43 bits per heavy atom. The van der Waals surface area contributed by atoms with E-state index in [4.69, 9.17) is 9.47 Å². The predicted molar refractivity (Wildman–Crippen MR) is 103 cm³/mol. The summed E-state index contributed by atoms with van der Waals surface area (Å²) >= 11 is 0. The van der Waals surface area contributed by atoms with Gasteiger partial charge in [-0.25, -0.2) is 9.78 Å². The predicted octanol–water partition coefficient (Wildman–Crippen LogP) is 3.50. The standard InChI is InChI=1S/C21H20N2O5/c1-13(24)23(2)12-18-17-11-15(28-14-7-5-4-6-8-14)9-10-16(17)20(25)19(22-18)21(26)27-3/h4-11,25H,12H2,1-3H3. The third-order valence-corrected chi connectivity index (χ3v) is 4.31. The summed E-state index contributed by atoms with van der Waals surface area (Å²) in [4.78, 5) is 29.4. The molecule has 3 aromatic rings. The molecule has 28 heavy (non-hydrogen) atoms. The summed E-state index contributed by atoms with van der Waals surface area (Å²) in [5.74, 6) is 0.0162. The van der Waals surface area contributed by atoms with Crippen molar-refractivity contribution in [3.05, 3.63) is 59.9 Å². The third-order valence-electron chi connectivity index (χ3n) is 4.31. The minimum absolute atomic E-state index is 0.153. The average molecular weight is 380 g/mol. The highest BCUT2D eigenvalue weighted by Crippen LogP contribution is 2.34. The number of carbonyl (C=O) groups is 2. The molecule has 0 aliphatic carbocycles. The Morgan fingerprint density at radius 2 is 1.79 bits per heavy atom. The number of aromatic hydroxyl groups is 1. The van der Waals surface area contributed by atoms with Crippen molar-refractivity contribution in [1.29, 1.82) is 0 Å². The minimum Gasteiger partial charge on any atom is -0.505 e. The molecule has 3 rings (SSSR count). The highest BCUT2D eigenvalue weighted by molar-refractivity contribution is 6.00. The quantitative estimate of drug-likeness (QED) is 0.682. The minimum atomic E-state index is -0.754. The zero-order valence-corrected chi connectivity index (χ0v) is 15.8. The molecule has 0 radical (unpaired) electrons. The van der Waals surface area contributed by atoms with E-state index in [-0.39, 0.29) is 23.9 Å². The molecular weight excluding hydrogens is 360 g/mol. The van der Waals surface area contributed by atoms with E-state index < -0.39 is 5.97 Å². The lowest BCUT2D eigenvalue weighted by Gasteiger charge is -2.18. The van der Waals surface area contributed by atoms with E-state index in [2.05, 4.69) is 4.98 Å². The number of para-hydroxylation sites is 1. The number of amides is 1. The maximum absolute atomic E-state index is 12.0. The van der Waals surface area contributed by atoms with Gasteiger partial charge < -0.3 is 19.5 Å². The molecular formula is C21H20N2O5. The van der Waals surface area contributed by atoms with E-state index in [1.54, 1.807) is 25.2 Å². The van der Waals surface area contributed by atoms with E-state index in [0.717, 1.165) is 0 Å². The zero-order chi connectivity index (χ0) is 20.3. The molecule has 0 saturated heterocycles. The second kappa shape index (κ2) is 7.96. The van der Waals surface area contributed by atoms with Crippen molar-refractivity contribution >= 4 is 22.6 Å². The van der Waals surface area contributed by atoms with E-state index in [1.807, 2.05) is 30.3 Å². The lowest BCUT2D eigenvalue weighted by atomic mass is 10.1. The second-order valence-corrected chi connectivity index (χ2v) is 6.24. The van der Waals surface area contributed by atoms with Crippen LogP contribution in [-0.4, -0.2) is 41.0 Å². The smallest absolute Gasteiger partial charge is 0.360 e. The molecule has 2 aromatic carbocycles. The van der Waals surface area contributed by atoms with Crippen LogP contribution in [0.3, 0.4) is 0 Å². The topological polar surface area (TPSA) is 89.0 Å². The highest BCUT2D eigenvalue weighted by Gasteiger charge is 2.21. The van der Waals surface area contributed by atoms with Crippen molar-refractivity contribution < 1.29 is 24.2 Å². The number of esters is 1. The second-order valence-electron chi connectivity index (χ2n) is 6.24. The fourth-order valence-electron chi connectivity index (χ4n) is 2.73. The summed E-state index contributed by atoms with van der Waals surface area (Å²) in [7, 11) is 2.84. The van der Waals surface area contributed by atoms with Gasteiger partial charge >= 0.3 is 5.97 Å². The number of hydrogen-bond donors (Lipinski definition) is 1. The number of benzene rings is 2. The molecule has 0 aliphatic heterocycles. The fraction of sp³-hybridized carbons (Fsp3) is 0.190. The number of ether oxygens (including phenoxy) is 2. The number of fused-ring (bicyclic) bond motifs is 1. The molecule has 0 saturated carbocycles. The zero-order valence-electron chi connectivity index (χ0n) is 15.8. The number of pyridine rings is 1. The van der Waals surface area contributed by atoms with Gasteiger partial charge in [-0.1, -0.05) is 18.2 Å². The summed E-state index contributed by atoms with van der Waals surface area (Å²) in [6.07, 6.45) is 0. The first-order chi connectivity index (χ1) is 13.4. The van der Waals surface area contributed by atoms with Crippen LogP contribution in [0.5, 0.6) is 17.2 Å². The Balaban J connectivity index is 2.13. The molecule has 0 aliphatic rings. The molecule has 1 amide bonds. The summed E-state index contributed by atoms with van der Waals surface area (Å²) in [5, 5.41) is 11.5. The lowest BCUT2D eigenvalue weighted by Crippen LogP contribution is -2.24. The maximum Gasteiger partial charge on any atom is 0.360 e. The van der Waals surface area contributed by atoms with Gasteiger partial charge in [-0.15, -0.1) is 0 Å². The van der Waals surface area contributed by atoms with Crippen molar-refractivity contribution in [1.82, 2.24) is 9.88 Å². The Morgan fingerprint density at radius 1 is 1.07 bits per heavy atom. The van der Waals surface area contributed by atoms with E-state index in [9.17, 15) is 14.7 Å². The maximum atomic E-state index is 12.0. The molecule has 1 aromatic heterocycles. The molecule has 0 spiro atoms. The van der Waals surface area contributed by atoms with Gasteiger partial charge in [0, 0.05) is 24.7 Å². The van der Waals surface area contributed by atoms with Crippen LogP contribution in [0.2, 0.25) is 0 Å². The first-order valence-corrected chi connectivity index (χ1v) is 8.59. The van der Waals surface area contributed by atoms with Crippen molar-refractivity contribution in [2.45, 2.75) is 13.5 Å². The first-order valence-electron chi connectivity index (χ1n) is 8.59. The van der Waals surface area contributed by atoms with Gasteiger partial charge in [-0.2, -0.15) is 0 Å². The Bertz CT molecular complexity index is 1030. The number of carbonyl (C=O) groups excluding carboxylic acids is 2. The van der Waals surface area contributed by atoms with Crippen LogP contribution in [-0.2, 0) is 16.1 Å². The monoisotopic (exact) mass is 380 g/mol. The van der Waals surface area contributed by atoms with Crippen molar-refractivity contribution in [2.75, 3.05) is 14.2 Å². The van der Waals surface area contributed by atoms with Gasteiger partial charge in [-0.05, 0) is 30.3 Å². The molecule has 1 N–H and O–H groups in total. The van der Waals surface area contributed by atoms with Crippen LogP contribution in [0.25, 0.3) is 10.8 Å². The normalized spacial score (nSPS) is 10.5. The molecule has 144 valence electrons. The Kier molecular flexibility index (Phi) is 5.44. The van der Waals surface area contributed by atoms with Crippen LogP contribution in [0.4, 0.5) is 0 Å². The summed E-state index contributed by atoms with van der Waals surface area (Å²) in [5.41, 5.74) is 0.253. The molecule has 0 fully saturated rings. The summed E-state index contributed by atoms with van der Waals surface area (Å²) in [6.45, 7) is 1.60. The van der Waals surface area contributed by atoms with Gasteiger partial charge in [0.25, 0.3) is 0 Å².